The summed E-state index contributed by atoms with van der Waals surface area (Å²) in [6, 6.07) is 14.4. The monoisotopic (exact) mass is 324 g/mol. The lowest BCUT2D eigenvalue weighted by molar-refractivity contribution is 0.0686. The van der Waals surface area contributed by atoms with Crippen LogP contribution < -0.4 is 0 Å². The smallest absolute Gasteiger partial charge is 0.335 e. The number of aromatic carboxylic acids is 2. The molecule has 124 valence electrons. The summed E-state index contributed by atoms with van der Waals surface area (Å²) in [6.07, 6.45) is 4.27. The van der Waals surface area contributed by atoms with E-state index in [2.05, 4.69) is 0 Å². The van der Waals surface area contributed by atoms with Gasteiger partial charge in [-0.3, -0.25) is 0 Å². The number of rotatable bonds is 4. The molecule has 1 aliphatic carbocycles. The minimum absolute atomic E-state index is 0.325. The highest BCUT2D eigenvalue weighted by atomic mass is 16.4. The maximum Gasteiger partial charge on any atom is 0.335 e. The van der Waals surface area contributed by atoms with Crippen LogP contribution in [-0.4, -0.2) is 22.2 Å². The van der Waals surface area contributed by atoms with E-state index in [9.17, 15) is 9.59 Å². The van der Waals surface area contributed by atoms with Crippen molar-refractivity contribution in [3.63, 3.8) is 0 Å². The van der Waals surface area contributed by atoms with Gasteiger partial charge >= 0.3 is 11.9 Å². The van der Waals surface area contributed by atoms with Crippen molar-refractivity contribution in [2.45, 2.75) is 37.5 Å². The van der Waals surface area contributed by atoms with E-state index >= 15 is 0 Å². The van der Waals surface area contributed by atoms with Gasteiger partial charge < -0.3 is 10.2 Å². The van der Waals surface area contributed by atoms with E-state index in [1.165, 1.54) is 11.1 Å². The fourth-order valence-electron chi connectivity index (χ4n) is 3.56. The maximum atomic E-state index is 10.9. The van der Waals surface area contributed by atoms with Gasteiger partial charge in [0.15, 0.2) is 0 Å². The van der Waals surface area contributed by atoms with Gasteiger partial charge in [-0.15, -0.1) is 0 Å². The van der Waals surface area contributed by atoms with Crippen LogP contribution in [0.2, 0.25) is 0 Å². The van der Waals surface area contributed by atoms with Gasteiger partial charge in [-0.2, -0.15) is 0 Å². The fourth-order valence-corrected chi connectivity index (χ4v) is 3.56. The third-order valence-corrected chi connectivity index (χ3v) is 4.99. The average Bonchev–Trinajstić information content (AvgIpc) is 2.62. The number of hydrogen-bond acceptors (Lipinski definition) is 2. The van der Waals surface area contributed by atoms with Crippen LogP contribution in [0.25, 0.3) is 0 Å². The summed E-state index contributed by atoms with van der Waals surface area (Å²) in [7, 11) is 0. The third-order valence-electron chi connectivity index (χ3n) is 4.99. The van der Waals surface area contributed by atoms with Crippen LogP contribution in [0, 0.1) is 0 Å². The summed E-state index contributed by atoms with van der Waals surface area (Å²) in [5, 5.41) is 17.9. The van der Waals surface area contributed by atoms with E-state index in [1.807, 2.05) is 24.3 Å². The molecule has 1 aliphatic rings. The molecule has 1 saturated carbocycles. The van der Waals surface area contributed by atoms with Gasteiger partial charge in [-0.1, -0.05) is 24.3 Å². The minimum atomic E-state index is -0.893. The zero-order valence-electron chi connectivity index (χ0n) is 13.3. The predicted octanol–water partition coefficient (Wildman–Crippen LogP) is 4.52. The molecule has 0 aliphatic heterocycles. The van der Waals surface area contributed by atoms with E-state index in [1.54, 1.807) is 24.3 Å². The molecule has 0 spiro atoms. The van der Waals surface area contributed by atoms with Gasteiger partial charge in [0, 0.05) is 0 Å². The highest BCUT2D eigenvalue weighted by molar-refractivity contribution is 5.88. The van der Waals surface area contributed by atoms with Gasteiger partial charge in [0.1, 0.15) is 0 Å². The van der Waals surface area contributed by atoms with Gasteiger partial charge in [0.2, 0.25) is 0 Å². The molecule has 4 heteroatoms. The zero-order valence-corrected chi connectivity index (χ0v) is 13.3. The molecule has 0 saturated heterocycles. The van der Waals surface area contributed by atoms with Crippen LogP contribution >= 0.6 is 0 Å². The molecule has 3 rings (SSSR count). The topological polar surface area (TPSA) is 74.6 Å². The molecule has 0 atom stereocenters. The van der Waals surface area contributed by atoms with Crippen LogP contribution in [0.5, 0.6) is 0 Å². The first kappa shape index (κ1) is 16.2. The van der Waals surface area contributed by atoms with Crippen LogP contribution in [0.1, 0.15) is 69.4 Å². The van der Waals surface area contributed by atoms with E-state index in [4.69, 9.17) is 10.2 Å². The number of hydrogen-bond donors (Lipinski definition) is 2. The highest BCUT2D eigenvalue weighted by Crippen LogP contribution is 2.40. The first-order valence-electron chi connectivity index (χ1n) is 8.21. The van der Waals surface area contributed by atoms with Crippen molar-refractivity contribution in [2.24, 2.45) is 0 Å². The van der Waals surface area contributed by atoms with Crippen molar-refractivity contribution in [1.82, 2.24) is 0 Å². The molecule has 0 bridgehead atoms. The van der Waals surface area contributed by atoms with Gasteiger partial charge in [-0.25, -0.2) is 9.59 Å². The molecule has 0 unspecified atom stereocenters. The lowest BCUT2D eigenvalue weighted by Gasteiger charge is -2.29. The predicted molar refractivity (Wildman–Crippen MR) is 90.8 cm³/mol. The Hall–Kier alpha value is -2.62. The van der Waals surface area contributed by atoms with Gasteiger partial charge in [0.05, 0.1) is 11.1 Å². The Kier molecular flexibility index (Phi) is 4.65. The van der Waals surface area contributed by atoms with E-state index < -0.39 is 11.9 Å². The quantitative estimate of drug-likeness (QED) is 0.867. The fraction of sp³-hybridized carbons (Fsp3) is 0.300. The van der Waals surface area contributed by atoms with Gasteiger partial charge in [0.25, 0.3) is 0 Å². The maximum absolute atomic E-state index is 10.9. The Morgan fingerprint density at radius 1 is 0.625 bits per heavy atom. The second-order valence-corrected chi connectivity index (χ2v) is 6.40. The van der Waals surface area contributed by atoms with Crippen LogP contribution in [0.3, 0.4) is 0 Å². The molecule has 4 nitrogen and oxygen atoms in total. The molecule has 0 aromatic heterocycles. The lowest BCUT2D eigenvalue weighted by atomic mass is 9.76. The van der Waals surface area contributed by atoms with Crippen molar-refractivity contribution in [3.05, 3.63) is 70.8 Å². The summed E-state index contributed by atoms with van der Waals surface area (Å²) in [6.45, 7) is 0. The molecule has 0 radical (unpaired) electrons. The van der Waals surface area contributed by atoms with E-state index in [0.29, 0.717) is 23.0 Å². The molecule has 0 heterocycles. The molecule has 0 amide bonds. The molecular weight excluding hydrogens is 304 g/mol. The number of carboxylic acid groups (broad SMARTS) is 2. The zero-order chi connectivity index (χ0) is 17.1. The Morgan fingerprint density at radius 3 is 1.17 bits per heavy atom. The van der Waals surface area contributed by atoms with E-state index in [0.717, 1.165) is 25.7 Å². The van der Waals surface area contributed by atoms with Crippen molar-refractivity contribution in [1.29, 1.82) is 0 Å². The molecule has 24 heavy (non-hydrogen) atoms. The summed E-state index contributed by atoms with van der Waals surface area (Å²) >= 11 is 0. The first-order chi connectivity index (χ1) is 11.5. The SMILES string of the molecule is O=C(O)c1ccc(C2CCC(c3ccc(C(=O)O)cc3)CC2)cc1. The van der Waals surface area contributed by atoms with Crippen LogP contribution in [-0.2, 0) is 0 Å². The lowest BCUT2D eigenvalue weighted by Crippen LogP contribution is -2.12. The standard InChI is InChI=1S/C20H20O4/c21-19(22)17-9-5-15(6-10-17)13-1-2-14(4-3-13)16-7-11-18(12-8-16)20(23)24/h5-14H,1-4H2,(H,21,22)(H,23,24). The highest BCUT2D eigenvalue weighted by Gasteiger charge is 2.23. The van der Waals surface area contributed by atoms with Crippen LogP contribution in [0.15, 0.2) is 48.5 Å². The minimum Gasteiger partial charge on any atom is -0.478 e. The molecule has 2 N–H and O–H groups in total. The summed E-state index contributed by atoms with van der Waals surface area (Å²) in [5.41, 5.74) is 3.07. The largest absolute Gasteiger partial charge is 0.478 e. The van der Waals surface area contributed by atoms with Gasteiger partial charge in [-0.05, 0) is 72.9 Å². The Labute approximate surface area is 140 Å². The molecule has 2 aromatic carbocycles. The average molecular weight is 324 g/mol. The Morgan fingerprint density at radius 2 is 0.917 bits per heavy atom. The van der Waals surface area contributed by atoms with E-state index in [-0.39, 0.29) is 0 Å². The second kappa shape index (κ2) is 6.87. The number of carboxylic acids is 2. The van der Waals surface area contributed by atoms with Crippen molar-refractivity contribution in [3.8, 4) is 0 Å². The Bertz CT molecular complexity index is 658. The van der Waals surface area contributed by atoms with Crippen LogP contribution in [0.4, 0.5) is 0 Å². The summed E-state index contributed by atoms with van der Waals surface area (Å²) in [4.78, 5) is 21.8. The first-order valence-corrected chi connectivity index (χ1v) is 8.21. The number of carbonyl (C=O) groups is 2. The van der Waals surface area contributed by atoms with Crippen molar-refractivity contribution < 1.29 is 19.8 Å². The molecule has 1 fully saturated rings. The van der Waals surface area contributed by atoms with Crippen molar-refractivity contribution >= 4 is 11.9 Å². The summed E-state index contributed by atoms with van der Waals surface area (Å²) < 4.78 is 0. The third kappa shape index (κ3) is 3.48. The van der Waals surface area contributed by atoms with Crippen molar-refractivity contribution in [2.75, 3.05) is 0 Å². The second-order valence-electron chi connectivity index (χ2n) is 6.40. The molecular formula is C20H20O4. The number of benzene rings is 2. The normalized spacial score (nSPS) is 20.5. The summed E-state index contributed by atoms with van der Waals surface area (Å²) in [5.74, 6) is -0.838. The molecule has 2 aromatic rings. The Balaban J connectivity index is 1.62.